The van der Waals surface area contributed by atoms with E-state index in [2.05, 4.69) is 0 Å². The van der Waals surface area contributed by atoms with Gasteiger partial charge in [0.15, 0.2) is 0 Å². The van der Waals surface area contributed by atoms with Crippen molar-refractivity contribution in [2.75, 3.05) is 20.6 Å². The molecule has 0 unspecified atom stereocenters. The smallest absolute Gasteiger partial charge is 0.240 e. The number of piperidine rings is 1. The minimum absolute atomic E-state index is 0.0146. The molecule has 0 aliphatic carbocycles. The predicted octanol–water partition coefficient (Wildman–Crippen LogP) is 1.88. The van der Waals surface area contributed by atoms with Crippen molar-refractivity contribution in [1.82, 2.24) is 9.80 Å². The van der Waals surface area contributed by atoms with Crippen LogP contribution < -0.4 is 0 Å². The Balaban J connectivity index is 2.04. The Morgan fingerprint density at radius 1 is 1.33 bits per heavy atom. The highest BCUT2D eigenvalue weighted by Gasteiger charge is 2.29. The summed E-state index contributed by atoms with van der Waals surface area (Å²) in [6.45, 7) is 1.37. The molecular formula is C14H19FN2O. The summed E-state index contributed by atoms with van der Waals surface area (Å²) in [5, 5.41) is 0. The first-order valence-electron chi connectivity index (χ1n) is 6.27. The molecule has 0 bridgehead atoms. The van der Waals surface area contributed by atoms with Crippen LogP contribution in [-0.4, -0.2) is 42.4 Å². The third-order valence-corrected chi connectivity index (χ3v) is 3.41. The normalized spacial score (nSPS) is 20.6. The number of likely N-dealkylation sites (tertiary alicyclic amines) is 1. The number of carbonyl (C=O) groups is 1. The number of likely N-dealkylation sites (N-methyl/N-ethyl adjacent to an activating group) is 1. The third kappa shape index (κ3) is 2.88. The van der Waals surface area contributed by atoms with Crippen molar-refractivity contribution in [3.8, 4) is 0 Å². The lowest BCUT2D eigenvalue weighted by molar-refractivity contribution is -0.139. The van der Waals surface area contributed by atoms with E-state index in [-0.39, 0.29) is 17.8 Å². The van der Waals surface area contributed by atoms with Gasteiger partial charge in [0.05, 0.1) is 6.04 Å². The first-order chi connectivity index (χ1) is 8.58. The van der Waals surface area contributed by atoms with Crippen LogP contribution in [0.2, 0.25) is 0 Å². The Bertz CT molecular complexity index is 416. The highest BCUT2D eigenvalue weighted by molar-refractivity contribution is 5.82. The predicted molar refractivity (Wildman–Crippen MR) is 68.5 cm³/mol. The number of carbonyl (C=O) groups excluding carboxylic acids is 1. The number of hydrogen-bond acceptors (Lipinski definition) is 2. The summed E-state index contributed by atoms with van der Waals surface area (Å²) in [7, 11) is 3.87. The maximum absolute atomic E-state index is 12.8. The van der Waals surface area contributed by atoms with E-state index in [1.54, 1.807) is 12.1 Å². The van der Waals surface area contributed by atoms with Gasteiger partial charge in [-0.15, -0.1) is 0 Å². The van der Waals surface area contributed by atoms with Crippen LogP contribution in [0, 0.1) is 5.82 Å². The molecule has 0 aromatic heterocycles. The zero-order valence-corrected chi connectivity index (χ0v) is 10.9. The summed E-state index contributed by atoms with van der Waals surface area (Å²) in [4.78, 5) is 16.1. The van der Waals surface area contributed by atoms with E-state index in [9.17, 15) is 9.18 Å². The van der Waals surface area contributed by atoms with Gasteiger partial charge in [-0.05, 0) is 44.6 Å². The molecule has 1 atom stereocenters. The molecule has 1 saturated heterocycles. The minimum atomic E-state index is -0.241. The highest BCUT2D eigenvalue weighted by atomic mass is 19.1. The minimum Gasteiger partial charge on any atom is -0.337 e. The fraction of sp³-hybridized carbons (Fsp3) is 0.500. The van der Waals surface area contributed by atoms with Gasteiger partial charge >= 0.3 is 0 Å². The van der Waals surface area contributed by atoms with Crippen molar-refractivity contribution >= 4 is 5.91 Å². The molecule has 4 heteroatoms. The number of rotatable bonds is 3. The molecule has 0 spiro atoms. The molecule has 0 radical (unpaired) electrons. The van der Waals surface area contributed by atoms with Crippen molar-refractivity contribution in [3.05, 3.63) is 35.6 Å². The molecule has 1 heterocycles. The first kappa shape index (κ1) is 13.0. The fourth-order valence-electron chi connectivity index (χ4n) is 2.37. The summed E-state index contributed by atoms with van der Waals surface area (Å²) in [6.07, 6.45) is 1.95. The van der Waals surface area contributed by atoms with Crippen LogP contribution in [0.3, 0.4) is 0 Å². The molecular weight excluding hydrogens is 231 g/mol. The summed E-state index contributed by atoms with van der Waals surface area (Å²) < 4.78 is 12.8. The average Bonchev–Trinajstić information content (AvgIpc) is 2.34. The number of hydrogen-bond donors (Lipinski definition) is 0. The summed E-state index contributed by atoms with van der Waals surface area (Å²) in [5.41, 5.74) is 0.976. The van der Waals surface area contributed by atoms with Gasteiger partial charge in [0.2, 0.25) is 5.91 Å². The monoisotopic (exact) mass is 250 g/mol. The van der Waals surface area contributed by atoms with E-state index >= 15 is 0 Å². The zero-order valence-electron chi connectivity index (χ0n) is 10.9. The molecule has 98 valence electrons. The van der Waals surface area contributed by atoms with E-state index in [1.807, 2.05) is 23.9 Å². The maximum atomic E-state index is 12.8. The van der Waals surface area contributed by atoms with Crippen LogP contribution in [-0.2, 0) is 11.3 Å². The molecule has 18 heavy (non-hydrogen) atoms. The third-order valence-electron chi connectivity index (χ3n) is 3.41. The standard InChI is InChI=1S/C14H19FN2O/c1-16(2)13-4-3-9-17(14(13)18)10-11-5-7-12(15)8-6-11/h5-8,13H,3-4,9-10H2,1-2H3/t13-/m1/s1. The van der Waals surface area contributed by atoms with E-state index in [4.69, 9.17) is 0 Å². The van der Waals surface area contributed by atoms with Gasteiger partial charge in [0.1, 0.15) is 5.82 Å². The second-order valence-corrected chi connectivity index (χ2v) is 5.01. The summed E-state index contributed by atoms with van der Waals surface area (Å²) >= 11 is 0. The fourth-order valence-corrected chi connectivity index (χ4v) is 2.37. The number of nitrogens with zero attached hydrogens (tertiary/aromatic N) is 2. The van der Waals surface area contributed by atoms with Crippen molar-refractivity contribution in [2.24, 2.45) is 0 Å². The molecule has 1 aromatic carbocycles. The van der Waals surface area contributed by atoms with Crippen LogP contribution in [0.4, 0.5) is 4.39 Å². The lowest BCUT2D eigenvalue weighted by Gasteiger charge is -2.35. The van der Waals surface area contributed by atoms with Gasteiger partial charge < -0.3 is 4.90 Å². The Morgan fingerprint density at radius 3 is 2.61 bits per heavy atom. The van der Waals surface area contributed by atoms with E-state index < -0.39 is 0 Å². The van der Waals surface area contributed by atoms with Gasteiger partial charge in [-0.2, -0.15) is 0 Å². The number of amides is 1. The Morgan fingerprint density at radius 2 is 2.00 bits per heavy atom. The number of benzene rings is 1. The largest absolute Gasteiger partial charge is 0.337 e. The second-order valence-electron chi connectivity index (χ2n) is 5.01. The van der Waals surface area contributed by atoms with Gasteiger partial charge in [-0.1, -0.05) is 12.1 Å². The van der Waals surface area contributed by atoms with E-state index in [0.717, 1.165) is 24.9 Å². The summed E-state index contributed by atoms with van der Waals surface area (Å²) in [6, 6.07) is 6.34. The average molecular weight is 250 g/mol. The lowest BCUT2D eigenvalue weighted by atomic mass is 10.0. The molecule has 1 aliphatic rings. The molecule has 1 fully saturated rings. The van der Waals surface area contributed by atoms with Gasteiger partial charge in [0.25, 0.3) is 0 Å². The Hall–Kier alpha value is -1.42. The molecule has 2 rings (SSSR count). The maximum Gasteiger partial charge on any atom is 0.240 e. The van der Waals surface area contributed by atoms with Crippen molar-refractivity contribution in [1.29, 1.82) is 0 Å². The number of halogens is 1. The quantitative estimate of drug-likeness (QED) is 0.817. The van der Waals surface area contributed by atoms with Crippen LogP contribution in [0.15, 0.2) is 24.3 Å². The molecule has 0 N–H and O–H groups in total. The van der Waals surface area contributed by atoms with Crippen LogP contribution in [0.1, 0.15) is 18.4 Å². The topological polar surface area (TPSA) is 23.6 Å². The zero-order chi connectivity index (χ0) is 13.1. The lowest BCUT2D eigenvalue weighted by Crippen LogP contribution is -2.49. The second kappa shape index (κ2) is 5.48. The van der Waals surface area contributed by atoms with Gasteiger partial charge in [-0.3, -0.25) is 9.69 Å². The van der Waals surface area contributed by atoms with Crippen molar-refractivity contribution < 1.29 is 9.18 Å². The van der Waals surface area contributed by atoms with Gasteiger partial charge in [-0.25, -0.2) is 4.39 Å². The van der Waals surface area contributed by atoms with E-state index in [0.29, 0.717) is 6.54 Å². The highest BCUT2D eigenvalue weighted by Crippen LogP contribution is 2.18. The van der Waals surface area contributed by atoms with Crippen molar-refractivity contribution in [2.45, 2.75) is 25.4 Å². The molecule has 3 nitrogen and oxygen atoms in total. The van der Waals surface area contributed by atoms with Crippen LogP contribution in [0.25, 0.3) is 0 Å². The molecule has 0 saturated carbocycles. The summed E-state index contributed by atoms with van der Waals surface area (Å²) in [5.74, 6) is -0.0644. The van der Waals surface area contributed by atoms with Crippen LogP contribution in [0.5, 0.6) is 0 Å². The van der Waals surface area contributed by atoms with Gasteiger partial charge in [0, 0.05) is 13.1 Å². The molecule has 1 amide bonds. The van der Waals surface area contributed by atoms with E-state index in [1.165, 1.54) is 12.1 Å². The van der Waals surface area contributed by atoms with Crippen molar-refractivity contribution in [3.63, 3.8) is 0 Å². The molecule has 1 aliphatic heterocycles. The first-order valence-corrected chi connectivity index (χ1v) is 6.27. The molecule has 1 aromatic rings. The Kier molecular flexibility index (Phi) is 3.97. The van der Waals surface area contributed by atoms with Crippen LogP contribution >= 0.6 is 0 Å². The SMILES string of the molecule is CN(C)[C@@H]1CCCN(Cc2ccc(F)cc2)C1=O. The Labute approximate surface area is 107 Å².